The Hall–Kier alpha value is 0.309. The molecule has 0 unspecified atom stereocenters. The molecule has 1 aromatic rings. The molecule has 1 N–H and O–H groups in total. The summed E-state index contributed by atoms with van der Waals surface area (Å²) in [6, 6.07) is 0. The van der Waals surface area contributed by atoms with Crippen LogP contribution in [0.3, 0.4) is 0 Å². The Morgan fingerprint density at radius 3 is 2.25 bits per heavy atom. The maximum Gasteiger partial charge on any atom is 0.0919 e. The fourth-order valence-electron chi connectivity index (χ4n) is 0.215. The average molecular weight is 203 g/mol. The van der Waals surface area contributed by atoms with Gasteiger partial charge in [-0.15, -0.1) is 0 Å². The van der Waals surface area contributed by atoms with Gasteiger partial charge in [0.1, 0.15) is 0 Å². The molecular weight excluding hydrogens is 198 g/mol. The zero-order valence-electron chi connectivity index (χ0n) is 3.74. The second-order valence-corrected chi connectivity index (χ2v) is 2.36. The van der Waals surface area contributed by atoms with E-state index in [2.05, 4.69) is 30.2 Å². The summed E-state index contributed by atoms with van der Waals surface area (Å²) in [5.41, 5.74) is 0. The van der Waals surface area contributed by atoms with Gasteiger partial charge in [-0.3, -0.25) is 0 Å². The summed E-state index contributed by atoms with van der Waals surface area (Å²) in [6.07, 6.45) is 5.08. The minimum atomic E-state index is 0.757. The van der Waals surface area contributed by atoms with Gasteiger partial charge in [-0.05, 0) is 0 Å². The maximum atomic E-state index is 4.67. The summed E-state index contributed by atoms with van der Waals surface area (Å²) in [4.78, 5) is 6.42. The first-order valence-corrected chi connectivity index (χ1v) is 4.25. The first kappa shape index (κ1) is 8.31. The molecule has 5 heteroatoms. The van der Waals surface area contributed by atoms with Gasteiger partial charge < -0.3 is 4.98 Å². The standard InChI is InChI=1S/C3H4N2.2ClH.Cu/c1-2-5-3-4-1;;;/h1-3H,(H,4,5);2*1H;/q;;;+2/p-2. The Morgan fingerprint density at radius 1 is 1.50 bits per heavy atom. The summed E-state index contributed by atoms with van der Waals surface area (Å²) >= 11 is 0.757. The fourth-order valence-corrected chi connectivity index (χ4v) is 0.215. The third-order valence-electron chi connectivity index (χ3n) is 0.406. The Bertz CT molecular complexity index is 82.2. The Balaban J connectivity index is 0.000000145. The van der Waals surface area contributed by atoms with Crippen LogP contribution >= 0.6 is 20.2 Å². The predicted octanol–water partition coefficient (Wildman–Crippen LogP) is 1.79. The smallest absolute Gasteiger partial charge is 0.0919 e. The molecule has 0 fully saturated rings. The molecule has 1 heterocycles. The number of hydrogen-bond donors (Lipinski definition) is 1. The summed E-state index contributed by atoms with van der Waals surface area (Å²) in [7, 11) is 9.34. The van der Waals surface area contributed by atoms with E-state index in [4.69, 9.17) is 0 Å². The molecule has 0 aromatic carbocycles. The molecule has 0 bridgehead atoms. The Labute approximate surface area is 62.2 Å². The topological polar surface area (TPSA) is 28.7 Å². The predicted molar refractivity (Wildman–Crippen MR) is 30.3 cm³/mol. The van der Waals surface area contributed by atoms with Crippen molar-refractivity contribution in [2.45, 2.75) is 0 Å². The average Bonchev–Trinajstić information content (AvgIpc) is 2.17. The first-order chi connectivity index (χ1) is 3.91. The second kappa shape index (κ2) is 7.31. The van der Waals surface area contributed by atoms with Crippen LogP contribution in [0, 0.1) is 0 Å². The van der Waals surface area contributed by atoms with Gasteiger partial charge in [0.25, 0.3) is 0 Å². The zero-order valence-corrected chi connectivity index (χ0v) is 6.19. The van der Waals surface area contributed by atoms with Crippen molar-refractivity contribution in [3.8, 4) is 0 Å². The van der Waals surface area contributed by atoms with E-state index in [1.54, 1.807) is 18.7 Å². The number of hydrogen-bond acceptors (Lipinski definition) is 1. The van der Waals surface area contributed by atoms with E-state index >= 15 is 0 Å². The van der Waals surface area contributed by atoms with Crippen molar-refractivity contribution in [1.82, 2.24) is 9.97 Å². The van der Waals surface area contributed by atoms with Crippen LogP contribution in [0.25, 0.3) is 0 Å². The van der Waals surface area contributed by atoms with Gasteiger partial charge in [-0.1, -0.05) is 0 Å². The quantitative estimate of drug-likeness (QED) is 0.639. The Kier molecular flexibility index (Phi) is 7.59. The van der Waals surface area contributed by atoms with Crippen LogP contribution in [0.4, 0.5) is 0 Å². The van der Waals surface area contributed by atoms with Crippen molar-refractivity contribution in [2.24, 2.45) is 0 Å². The maximum absolute atomic E-state index is 4.67. The van der Waals surface area contributed by atoms with Crippen LogP contribution in [-0.2, 0) is 13.1 Å². The van der Waals surface area contributed by atoms with Crippen molar-refractivity contribution < 1.29 is 13.1 Å². The van der Waals surface area contributed by atoms with Crippen molar-refractivity contribution in [1.29, 1.82) is 0 Å². The molecule has 0 spiro atoms. The molecule has 2 nitrogen and oxygen atoms in total. The number of nitrogens with zero attached hydrogens (tertiary/aromatic N) is 1. The van der Waals surface area contributed by atoms with Crippen molar-refractivity contribution >= 4 is 20.2 Å². The molecule has 0 amide bonds. The second-order valence-electron chi connectivity index (χ2n) is 0.804. The molecular formula is C3H4Cl2CuN2. The van der Waals surface area contributed by atoms with Gasteiger partial charge in [0.2, 0.25) is 0 Å². The van der Waals surface area contributed by atoms with Gasteiger partial charge >= 0.3 is 33.3 Å². The minimum absolute atomic E-state index is 0.757. The third kappa shape index (κ3) is 6.31. The number of halogens is 2. The molecule has 0 saturated heterocycles. The molecule has 0 radical (unpaired) electrons. The molecule has 1 rings (SSSR count). The molecule has 0 saturated carbocycles. The molecule has 0 aliphatic rings. The molecule has 0 atom stereocenters. The fraction of sp³-hybridized carbons (Fsp3) is 0. The number of aromatic amines is 1. The summed E-state index contributed by atoms with van der Waals surface area (Å²) < 4.78 is 0. The third-order valence-corrected chi connectivity index (χ3v) is 0.406. The van der Waals surface area contributed by atoms with E-state index in [1.165, 1.54) is 0 Å². The molecule has 1 aromatic heterocycles. The summed E-state index contributed by atoms with van der Waals surface area (Å²) in [5, 5.41) is 0. The van der Waals surface area contributed by atoms with Crippen LogP contribution in [0.1, 0.15) is 0 Å². The monoisotopic (exact) mass is 201 g/mol. The van der Waals surface area contributed by atoms with Gasteiger partial charge in [0.05, 0.1) is 6.33 Å². The zero-order chi connectivity index (χ0) is 6.24. The summed E-state index contributed by atoms with van der Waals surface area (Å²) in [5.74, 6) is 0. The first-order valence-electron chi connectivity index (χ1n) is 1.66. The molecule has 51 valence electrons. The van der Waals surface area contributed by atoms with Crippen molar-refractivity contribution in [3.05, 3.63) is 18.7 Å². The SMILES string of the molecule is [Cl][Cu][Cl].c1c[nH]cn1. The van der Waals surface area contributed by atoms with Crippen LogP contribution in [0.15, 0.2) is 18.7 Å². The largest absolute Gasteiger partial charge is 0.351 e. The minimum Gasteiger partial charge on any atom is -0.351 e. The van der Waals surface area contributed by atoms with E-state index in [-0.39, 0.29) is 0 Å². The normalized spacial score (nSPS) is 7.75. The Morgan fingerprint density at radius 2 is 2.12 bits per heavy atom. The number of imidazole rings is 1. The van der Waals surface area contributed by atoms with Crippen LogP contribution in [0.2, 0.25) is 0 Å². The van der Waals surface area contributed by atoms with Gasteiger partial charge in [0.15, 0.2) is 0 Å². The van der Waals surface area contributed by atoms with Gasteiger partial charge in [-0.25, -0.2) is 4.98 Å². The molecule has 8 heavy (non-hydrogen) atoms. The van der Waals surface area contributed by atoms with Crippen LogP contribution in [-0.4, -0.2) is 9.97 Å². The van der Waals surface area contributed by atoms with Gasteiger partial charge in [-0.2, -0.15) is 0 Å². The van der Waals surface area contributed by atoms with Gasteiger partial charge in [0, 0.05) is 12.4 Å². The van der Waals surface area contributed by atoms with Crippen molar-refractivity contribution in [2.75, 3.05) is 0 Å². The van der Waals surface area contributed by atoms with Crippen molar-refractivity contribution in [3.63, 3.8) is 0 Å². The van der Waals surface area contributed by atoms with E-state index in [1.807, 2.05) is 0 Å². The van der Waals surface area contributed by atoms with Crippen LogP contribution in [0.5, 0.6) is 0 Å². The van der Waals surface area contributed by atoms with E-state index in [0.717, 1.165) is 13.1 Å². The number of H-pyrrole nitrogens is 1. The summed E-state index contributed by atoms with van der Waals surface area (Å²) in [6.45, 7) is 0. The number of aromatic nitrogens is 2. The van der Waals surface area contributed by atoms with E-state index in [9.17, 15) is 0 Å². The molecule has 0 aliphatic carbocycles. The number of nitrogens with one attached hydrogen (secondary N) is 1. The number of rotatable bonds is 0. The van der Waals surface area contributed by atoms with E-state index in [0.29, 0.717) is 0 Å². The van der Waals surface area contributed by atoms with E-state index < -0.39 is 0 Å². The molecule has 0 aliphatic heterocycles. The van der Waals surface area contributed by atoms with Crippen LogP contribution < -0.4 is 0 Å².